The Bertz CT molecular complexity index is 495. The Morgan fingerprint density at radius 1 is 1.05 bits per heavy atom. The van der Waals surface area contributed by atoms with Gasteiger partial charge < -0.3 is 5.73 Å². The Balaban J connectivity index is 2.19. The van der Waals surface area contributed by atoms with Crippen molar-refractivity contribution >= 4 is 0 Å². The molecule has 3 unspecified atom stereocenters. The van der Waals surface area contributed by atoms with E-state index in [-0.39, 0.29) is 6.04 Å². The smallest absolute Gasteiger partial charge is 0.0419 e. The summed E-state index contributed by atoms with van der Waals surface area (Å²) >= 11 is 0. The Labute approximate surface area is 122 Å². The molecule has 0 bridgehead atoms. The normalized spacial score (nSPS) is 15.6. The van der Waals surface area contributed by atoms with Crippen LogP contribution in [-0.4, -0.2) is 11.0 Å². The van der Waals surface area contributed by atoms with Crippen LogP contribution >= 0.6 is 0 Å². The zero-order valence-corrected chi connectivity index (χ0v) is 12.4. The number of rotatable bonds is 6. The lowest BCUT2D eigenvalue weighted by atomic mass is 9.79. The SMILES string of the molecule is CCC(C)C(c1ccccc1)C(N)Cc1ccccn1. The molecule has 1 aromatic heterocycles. The first-order valence-electron chi connectivity index (χ1n) is 7.42. The molecule has 2 aromatic rings. The van der Waals surface area contributed by atoms with Crippen LogP contribution in [0, 0.1) is 5.92 Å². The second-order valence-electron chi connectivity index (χ2n) is 5.51. The van der Waals surface area contributed by atoms with Gasteiger partial charge in [-0.25, -0.2) is 0 Å². The molecule has 2 nitrogen and oxygen atoms in total. The second kappa shape index (κ2) is 7.20. The molecule has 106 valence electrons. The summed E-state index contributed by atoms with van der Waals surface area (Å²) in [5.74, 6) is 0.944. The number of aromatic nitrogens is 1. The fourth-order valence-electron chi connectivity index (χ4n) is 2.81. The molecule has 2 heteroatoms. The Morgan fingerprint density at radius 2 is 1.75 bits per heavy atom. The molecular weight excluding hydrogens is 244 g/mol. The molecular formula is C18H24N2. The van der Waals surface area contributed by atoms with Crippen LogP contribution in [-0.2, 0) is 6.42 Å². The van der Waals surface area contributed by atoms with Gasteiger partial charge in [0.05, 0.1) is 0 Å². The quantitative estimate of drug-likeness (QED) is 0.866. The molecule has 0 saturated carbocycles. The van der Waals surface area contributed by atoms with Crippen molar-refractivity contribution in [1.82, 2.24) is 4.98 Å². The summed E-state index contributed by atoms with van der Waals surface area (Å²) in [6, 6.07) is 16.7. The maximum Gasteiger partial charge on any atom is 0.0419 e. The number of nitrogens with zero attached hydrogens (tertiary/aromatic N) is 1. The van der Waals surface area contributed by atoms with Gasteiger partial charge in [0.2, 0.25) is 0 Å². The van der Waals surface area contributed by atoms with Gasteiger partial charge in [-0.15, -0.1) is 0 Å². The highest BCUT2D eigenvalue weighted by atomic mass is 14.7. The van der Waals surface area contributed by atoms with E-state index in [1.807, 2.05) is 18.3 Å². The Kier molecular flexibility index (Phi) is 5.31. The van der Waals surface area contributed by atoms with Crippen LogP contribution in [0.4, 0.5) is 0 Å². The molecule has 0 spiro atoms. The second-order valence-corrected chi connectivity index (χ2v) is 5.51. The fraction of sp³-hybridized carbons (Fsp3) is 0.389. The van der Waals surface area contributed by atoms with Crippen LogP contribution in [0.5, 0.6) is 0 Å². The van der Waals surface area contributed by atoms with Crippen LogP contribution in [0.1, 0.15) is 37.4 Å². The van der Waals surface area contributed by atoms with E-state index in [9.17, 15) is 0 Å². The van der Waals surface area contributed by atoms with Gasteiger partial charge in [-0.3, -0.25) is 4.98 Å². The van der Waals surface area contributed by atoms with Gasteiger partial charge in [0.25, 0.3) is 0 Å². The van der Waals surface area contributed by atoms with Crippen LogP contribution in [0.3, 0.4) is 0 Å². The van der Waals surface area contributed by atoms with E-state index in [2.05, 4.69) is 55.2 Å². The lowest BCUT2D eigenvalue weighted by Crippen LogP contribution is -2.34. The highest BCUT2D eigenvalue weighted by Gasteiger charge is 2.25. The summed E-state index contributed by atoms with van der Waals surface area (Å²) in [5, 5.41) is 0. The van der Waals surface area contributed by atoms with Gasteiger partial charge in [-0.2, -0.15) is 0 Å². The van der Waals surface area contributed by atoms with E-state index in [0.29, 0.717) is 11.8 Å². The van der Waals surface area contributed by atoms with Crippen molar-refractivity contribution in [3.05, 3.63) is 66.0 Å². The van der Waals surface area contributed by atoms with Crippen LogP contribution in [0.2, 0.25) is 0 Å². The predicted octanol–water partition coefficient (Wildman–Crippen LogP) is 3.78. The third-order valence-electron chi connectivity index (χ3n) is 4.07. The van der Waals surface area contributed by atoms with Gasteiger partial charge >= 0.3 is 0 Å². The first-order chi connectivity index (χ1) is 9.72. The first kappa shape index (κ1) is 14.7. The van der Waals surface area contributed by atoms with E-state index < -0.39 is 0 Å². The molecule has 0 radical (unpaired) electrons. The molecule has 0 saturated heterocycles. The average Bonchev–Trinajstić information content (AvgIpc) is 2.49. The molecule has 1 aromatic carbocycles. The zero-order chi connectivity index (χ0) is 14.4. The number of hydrogen-bond acceptors (Lipinski definition) is 2. The van der Waals surface area contributed by atoms with Crippen molar-refractivity contribution in [2.45, 2.75) is 38.6 Å². The number of nitrogens with two attached hydrogens (primary N) is 1. The van der Waals surface area contributed by atoms with Crippen molar-refractivity contribution in [1.29, 1.82) is 0 Å². The first-order valence-corrected chi connectivity index (χ1v) is 7.42. The third kappa shape index (κ3) is 3.67. The molecule has 0 aliphatic carbocycles. The largest absolute Gasteiger partial charge is 0.327 e. The summed E-state index contributed by atoms with van der Waals surface area (Å²) in [5.41, 5.74) is 8.93. The highest BCUT2D eigenvalue weighted by molar-refractivity contribution is 5.23. The maximum absolute atomic E-state index is 6.52. The van der Waals surface area contributed by atoms with Gasteiger partial charge in [0, 0.05) is 30.3 Å². The monoisotopic (exact) mass is 268 g/mol. The van der Waals surface area contributed by atoms with E-state index in [0.717, 1.165) is 18.5 Å². The molecule has 1 heterocycles. The Morgan fingerprint density at radius 3 is 2.35 bits per heavy atom. The van der Waals surface area contributed by atoms with E-state index in [1.54, 1.807) is 0 Å². The zero-order valence-electron chi connectivity index (χ0n) is 12.4. The van der Waals surface area contributed by atoms with Crippen molar-refractivity contribution < 1.29 is 0 Å². The minimum atomic E-state index is 0.0993. The maximum atomic E-state index is 6.52. The van der Waals surface area contributed by atoms with Crippen molar-refractivity contribution in [3.8, 4) is 0 Å². The average molecular weight is 268 g/mol. The molecule has 2 N–H and O–H groups in total. The molecule has 0 aliphatic heterocycles. The van der Waals surface area contributed by atoms with E-state index >= 15 is 0 Å². The minimum absolute atomic E-state index is 0.0993. The molecule has 3 atom stereocenters. The summed E-state index contributed by atoms with van der Waals surface area (Å²) in [6.45, 7) is 4.52. The fourth-order valence-corrected chi connectivity index (χ4v) is 2.81. The summed E-state index contributed by atoms with van der Waals surface area (Å²) in [7, 11) is 0. The van der Waals surface area contributed by atoms with Crippen LogP contribution in [0.25, 0.3) is 0 Å². The lowest BCUT2D eigenvalue weighted by molar-refractivity contribution is 0.378. The number of hydrogen-bond donors (Lipinski definition) is 1. The minimum Gasteiger partial charge on any atom is -0.327 e. The summed E-state index contributed by atoms with van der Waals surface area (Å²) in [6.07, 6.45) is 3.79. The highest BCUT2D eigenvalue weighted by Crippen LogP contribution is 2.30. The van der Waals surface area contributed by atoms with Crippen LogP contribution < -0.4 is 5.73 Å². The lowest BCUT2D eigenvalue weighted by Gasteiger charge is -2.29. The van der Waals surface area contributed by atoms with Crippen LogP contribution in [0.15, 0.2) is 54.7 Å². The molecule has 20 heavy (non-hydrogen) atoms. The van der Waals surface area contributed by atoms with Gasteiger partial charge in [-0.05, 0) is 23.6 Å². The molecule has 0 fully saturated rings. The van der Waals surface area contributed by atoms with Crippen molar-refractivity contribution in [2.24, 2.45) is 11.7 Å². The van der Waals surface area contributed by atoms with E-state index in [4.69, 9.17) is 5.73 Å². The number of benzene rings is 1. The van der Waals surface area contributed by atoms with Gasteiger partial charge in [0.15, 0.2) is 0 Å². The van der Waals surface area contributed by atoms with Crippen molar-refractivity contribution in [3.63, 3.8) is 0 Å². The van der Waals surface area contributed by atoms with E-state index in [1.165, 1.54) is 5.56 Å². The molecule has 0 amide bonds. The summed E-state index contributed by atoms with van der Waals surface area (Å²) in [4.78, 5) is 4.40. The third-order valence-corrected chi connectivity index (χ3v) is 4.07. The summed E-state index contributed by atoms with van der Waals surface area (Å²) < 4.78 is 0. The molecule has 0 aliphatic rings. The predicted molar refractivity (Wildman–Crippen MR) is 84.6 cm³/mol. The van der Waals surface area contributed by atoms with Gasteiger partial charge in [-0.1, -0.05) is 56.7 Å². The topological polar surface area (TPSA) is 38.9 Å². The standard InChI is InChI=1S/C18H24N2/c1-3-14(2)18(15-9-5-4-6-10-15)17(19)13-16-11-7-8-12-20-16/h4-12,14,17-18H,3,13,19H2,1-2H3. The van der Waals surface area contributed by atoms with Gasteiger partial charge in [0.1, 0.15) is 0 Å². The van der Waals surface area contributed by atoms with Crippen molar-refractivity contribution in [2.75, 3.05) is 0 Å². The molecule has 2 rings (SSSR count). The Hall–Kier alpha value is -1.67. The number of pyridine rings is 1.